The topological polar surface area (TPSA) is 42.2 Å². The minimum Gasteiger partial charge on any atom is -0.351 e. The summed E-state index contributed by atoms with van der Waals surface area (Å²) >= 11 is 1.79. The third-order valence-corrected chi connectivity index (χ3v) is 4.93. The quantitative estimate of drug-likeness (QED) is 0.897. The molecule has 2 rings (SSSR count). The lowest BCUT2D eigenvalue weighted by molar-refractivity contribution is 0.557. The van der Waals surface area contributed by atoms with E-state index in [1.807, 2.05) is 0 Å². The first kappa shape index (κ1) is 12.8. The van der Waals surface area contributed by atoms with Gasteiger partial charge in [-0.3, -0.25) is 0 Å². The number of nitrogens with two attached hydrogens (primary N) is 1. The molecule has 96 valence electrons. The van der Waals surface area contributed by atoms with E-state index < -0.39 is 0 Å². The second-order valence-corrected chi connectivity index (χ2v) is 6.21. The van der Waals surface area contributed by atoms with Crippen LogP contribution in [0.4, 0.5) is 5.13 Å². The van der Waals surface area contributed by atoms with Crippen LogP contribution in [0.25, 0.3) is 0 Å². The molecule has 3 nitrogen and oxygen atoms in total. The van der Waals surface area contributed by atoms with Gasteiger partial charge in [-0.05, 0) is 25.2 Å². The second-order valence-electron chi connectivity index (χ2n) is 5.20. The first-order chi connectivity index (χ1) is 8.11. The molecule has 2 atom stereocenters. The zero-order valence-corrected chi connectivity index (χ0v) is 11.9. The van der Waals surface area contributed by atoms with Crippen LogP contribution in [0.2, 0.25) is 0 Å². The molecule has 0 amide bonds. The van der Waals surface area contributed by atoms with Crippen LogP contribution in [0.1, 0.15) is 49.7 Å². The summed E-state index contributed by atoms with van der Waals surface area (Å²) in [6.07, 6.45) is 4.63. The minimum atomic E-state index is 0.224. The van der Waals surface area contributed by atoms with Gasteiger partial charge in [0.05, 0.1) is 5.69 Å². The second kappa shape index (κ2) is 5.36. The molecule has 2 N–H and O–H groups in total. The number of hydrogen-bond donors (Lipinski definition) is 1. The Kier molecular flexibility index (Phi) is 4.05. The molecule has 1 heterocycles. The van der Waals surface area contributed by atoms with Crippen molar-refractivity contribution in [3.05, 3.63) is 10.6 Å². The largest absolute Gasteiger partial charge is 0.351 e. The standard InChI is InChI=1S/C13H23N3S/c1-4-9(2)8-16(3)13-15-11-7-5-6-10(14)12(11)17-13/h9-10H,4-8,14H2,1-3H3. The van der Waals surface area contributed by atoms with E-state index in [2.05, 4.69) is 25.8 Å². The van der Waals surface area contributed by atoms with E-state index in [4.69, 9.17) is 10.7 Å². The van der Waals surface area contributed by atoms with Gasteiger partial charge in [0.25, 0.3) is 0 Å². The van der Waals surface area contributed by atoms with Gasteiger partial charge in [-0.1, -0.05) is 20.3 Å². The van der Waals surface area contributed by atoms with Crippen LogP contribution in [0.5, 0.6) is 0 Å². The molecule has 0 saturated heterocycles. The molecule has 0 bridgehead atoms. The van der Waals surface area contributed by atoms with Gasteiger partial charge in [0.15, 0.2) is 5.13 Å². The summed E-state index contributed by atoms with van der Waals surface area (Å²) in [6.45, 7) is 5.61. The molecule has 1 aromatic rings. The normalized spacial score (nSPS) is 21.1. The molecule has 17 heavy (non-hydrogen) atoms. The van der Waals surface area contributed by atoms with Crippen LogP contribution in [-0.4, -0.2) is 18.6 Å². The van der Waals surface area contributed by atoms with Crippen molar-refractivity contribution in [2.45, 2.75) is 45.6 Å². The van der Waals surface area contributed by atoms with Gasteiger partial charge in [0.2, 0.25) is 0 Å². The molecule has 0 radical (unpaired) electrons. The Morgan fingerprint density at radius 1 is 1.59 bits per heavy atom. The summed E-state index contributed by atoms with van der Waals surface area (Å²) in [6, 6.07) is 0.224. The zero-order valence-electron chi connectivity index (χ0n) is 11.1. The van der Waals surface area contributed by atoms with Crippen LogP contribution in [0.15, 0.2) is 0 Å². The average molecular weight is 253 g/mol. The van der Waals surface area contributed by atoms with Crippen LogP contribution in [-0.2, 0) is 6.42 Å². The lowest BCUT2D eigenvalue weighted by Gasteiger charge is -2.19. The smallest absolute Gasteiger partial charge is 0.185 e. The Hall–Kier alpha value is -0.610. The van der Waals surface area contributed by atoms with Crippen LogP contribution >= 0.6 is 11.3 Å². The number of aryl methyl sites for hydroxylation is 1. The highest BCUT2D eigenvalue weighted by molar-refractivity contribution is 7.15. The number of aromatic nitrogens is 1. The maximum Gasteiger partial charge on any atom is 0.185 e. The molecule has 0 fully saturated rings. The van der Waals surface area contributed by atoms with E-state index in [-0.39, 0.29) is 6.04 Å². The fraction of sp³-hybridized carbons (Fsp3) is 0.769. The molecule has 0 spiro atoms. The Morgan fingerprint density at radius 3 is 3.00 bits per heavy atom. The summed E-state index contributed by atoms with van der Waals surface area (Å²) in [4.78, 5) is 8.36. The molecular weight excluding hydrogens is 230 g/mol. The molecule has 1 aliphatic carbocycles. The number of hydrogen-bond acceptors (Lipinski definition) is 4. The van der Waals surface area contributed by atoms with Crippen molar-refractivity contribution in [3.8, 4) is 0 Å². The van der Waals surface area contributed by atoms with Crippen molar-refractivity contribution in [2.75, 3.05) is 18.5 Å². The first-order valence-corrected chi connectivity index (χ1v) is 7.39. The van der Waals surface area contributed by atoms with Gasteiger partial charge in [0.1, 0.15) is 0 Å². The van der Waals surface area contributed by atoms with Crippen molar-refractivity contribution in [1.82, 2.24) is 4.98 Å². The highest BCUT2D eigenvalue weighted by atomic mass is 32.1. The van der Waals surface area contributed by atoms with Crippen LogP contribution in [0.3, 0.4) is 0 Å². The first-order valence-electron chi connectivity index (χ1n) is 6.58. The maximum absolute atomic E-state index is 6.14. The Bertz CT molecular complexity index is 375. The van der Waals surface area contributed by atoms with Gasteiger partial charge >= 0.3 is 0 Å². The third kappa shape index (κ3) is 2.80. The monoisotopic (exact) mass is 253 g/mol. The highest BCUT2D eigenvalue weighted by Gasteiger charge is 2.23. The van der Waals surface area contributed by atoms with Gasteiger partial charge in [0, 0.05) is 24.5 Å². The lowest BCUT2D eigenvalue weighted by atomic mass is 9.99. The zero-order chi connectivity index (χ0) is 12.4. The van der Waals surface area contributed by atoms with E-state index in [1.54, 1.807) is 11.3 Å². The fourth-order valence-corrected chi connectivity index (χ4v) is 3.40. The Balaban J connectivity index is 2.11. The minimum absolute atomic E-state index is 0.224. The average Bonchev–Trinajstić information content (AvgIpc) is 2.74. The summed E-state index contributed by atoms with van der Waals surface area (Å²) in [5.41, 5.74) is 7.39. The molecular formula is C13H23N3S. The van der Waals surface area contributed by atoms with Gasteiger partial charge < -0.3 is 10.6 Å². The number of nitrogens with zero attached hydrogens (tertiary/aromatic N) is 2. The molecule has 0 aromatic carbocycles. The predicted molar refractivity (Wildman–Crippen MR) is 74.7 cm³/mol. The van der Waals surface area contributed by atoms with E-state index in [1.165, 1.54) is 23.4 Å². The SMILES string of the molecule is CCC(C)CN(C)c1nc2c(s1)C(N)CCC2. The van der Waals surface area contributed by atoms with Gasteiger partial charge in [-0.25, -0.2) is 4.98 Å². The molecule has 0 saturated carbocycles. The number of fused-ring (bicyclic) bond motifs is 1. The van der Waals surface area contributed by atoms with E-state index in [0.717, 1.165) is 30.4 Å². The summed E-state index contributed by atoms with van der Waals surface area (Å²) in [5.74, 6) is 0.717. The number of rotatable bonds is 4. The van der Waals surface area contributed by atoms with Crippen molar-refractivity contribution >= 4 is 16.5 Å². The van der Waals surface area contributed by atoms with E-state index >= 15 is 0 Å². The summed E-state index contributed by atoms with van der Waals surface area (Å²) in [5, 5.41) is 1.15. The Labute approximate surface area is 108 Å². The van der Waals surface area contributed by atoms with Gasteiger partial charge in [-0.15, -0.1) is 11.3 Å². The molecule has 1 aliphatic rings. The summed E-state index contributed by atoms with van der Waals surface area (Å²) in [7, 11) is 2.14. The van der Waals surface area contributed by atoms with Crippen LogP contribution in [0, 0.1) is 5.92 Å². The Morgan fingerprint density at radius 2 is 2.35 bits per heavy atom. The summed E-state index contributed by atoms with van der Waals surface area (Å²) < 4.78 is 0. The van der Waals surface area contributed by atoms with Gasteiger partial charge in [-0.2, -0.15) is 0 Å². The fourth-order valence-electron chi connectivity index (χ4n) is 2.28. The lowest BCUT2D eigenvalue weighted by Crippen LogP contribution is -2.23. The van der Waals surface area contributed by atoms with E-state index in [0.29, 0.717) is 0 Å². The number of thiazole rings is 1. The van der Waals surface area contributed by atoms with Crippen molar-refractivity contribution in [1.29, 1.82) is 0 Å². The molecule has 2 unspecified atom stereocenters. The molecule has 1 aromatic heterocycles. The van der Waals surface area contributed by atoms with Crippen LogP contribution < -0.4 is 10.6 Å². The highest BCUT2D eigenvalue weighted by Crippen LogP contribution is 2.36. The third-order valence-electron chi connectivity index (χ3n) is 3.59. The predicted octanol–water partition coefficient (Wildman–Crippen LogP) is 2.96. The van der Waals surface area contributed by atoms with E-state index in [9.17, 15) is 0 Å². The number of anilines is 1. The molecule has 4 heteroatoms. The maximum atomic E-state index is 6.14. The van der Waals surface area contributed by atoms with Crippen molar-refractivity contribution < 1.29 is 0 Å². The van der Waals surface area contributed by atoms with Crippen molar-refractivity contribution in [2.24, 2.45) is 11.7 Å². The molecule has 0 aliphatic heterocycles. The van der Waals surface area contributed by atoms with Crippen molar-refractivity contribution in [3.63, 3.8) is 0 Å².